The van der Waals surface area contributed by atoms with Gasteiger partial charge in [-0.25, -0.2) is 4.79 Å². The Morgan fingerprint density at radius 1 is 1.41 bits per heavy atom. The van der Waals surface area contributed by atoms with Crippen LogP contribution in [0.3, 0.4) is 0 Å². The summed E-state index contributed by atoms with van der Waals surface area (Å²) in [5, 5.41) is 18.7. The van der Waals surface area contributed by atoms with Crippen LogP contribution in [0, 0.1) is 6.92 Å². The molecule has 0 unspecified atom stereocenters. The number of aromatic nitrogens is 1. The van der Waals surface area contributed by atoms with E-state index in [-0.39, 0.29) is 6.61 Å². The lowest BCUT2D eigenvalue weighted by molar-refractivity contribution is 0.0697. The largest absolute Gasteiger partial charge is 0.478 e. The SMILES string of the molecule is Cc1cc(C(=O)O)cc2ccn(CCCO)c12. The number of aliphatic hydroxyl groups excluding tert-OH is 1. The third-order valence-electron chi connectivity index (χ3n) is 2.86. The molecule has 2 aromatic rings. The lowest BCUT2D eigenvalue weighted by Crippen LogP contribution is -2.01. The van der Waals surface area contributed by atoms with Crippen LogP contribution in [0.2, 0.25) is 0 Å². The Balaban J connectivity index is 2.51. The van der Waals surface area contributed by atoms with Crippen molar-refractivity contribution in [1.82, 2.24) is 4.57 Å². The molecule has 2 rings (SSSR count). The number of carboxylic acids is 1. The number of carbonyl (C=O) groups is 1. The van der Waals surface area contributed by atoms with Crippen molar-refractivity contribution in [3.63, 3.8) is 0 Å². The van der Waals surface area contributed by atoms with Gasteiger partial charge in [-0.3, -0.25) is 0 Å². The maximum absolute atomic E-state index is 10.9. The van der Waals surface area contributed by atoms with Crippen molar-refractivity contribution in [3.8, 4) is 0 Å². The number of hydrogen-bond donors (Lipinski definition) is 2. The van der Waals surface area contributed by atoms with Gasteiger partial charge in [-0.15, -0.1) is 0 Å². The van der Waals surface area contributed by atoms with Crippen LogP contribution >= 0.6 is 0 Å². The van der Waals surface area contributed by atoms with E-state index < -0.39 is 5.97 Å². The summed E-state index contributed by atoms with van der Waals surface area (Å²) < 4.78 is 2.05. The van der Waals surface area contributed by atoms with Crippen LogP contribution in [-0.4, -0.2) is 27.4 Å². The van der Waals surface area contributed by atoms with Crippen molar-refractivity contribution in [2.24, 2.45) is 0 Å². The van der Waals surface area contributed by atoms with Crippen LogP contribution < -0.4 is 0 Å². The van der Waals surface area contributed by atoms with Gasteiger partial charge in [0, 0.05) is 24.7 Å². The summed E-state index contributed by atoms with van der Waals surface area (Å²) in [5.74, 6) is -0.905. The van der Waals surface area contributed by atoms with E-state index in [0.29, 0.717) is 12.0 Å². The summed E-state index contributed by atoms with van der Waals surface area (Å²) in [7, 11) is 0. The molecule has 2 N–H and O–H groups in total. The van der Waals surface area contributed by atoms with Crippen molar-refractivity contribution < 1.29 is 15.0 Å². The first-order valence-corrected chi connectivity index (χ1v) is 5.57. The van der Waals surface area contributed by atoms with Gasteiger partial charge in [0.25, 0.3) is 0 Å². The summed E-state index contributed by atoms with van der Waals surface area (Å²) >= 11 is 0. The standard InChI is InChI=1S/C13H15NO3/c1-9-7-11(13(16)17)8-10-3-5-14(12(9)10)4-2-6-15/h3,5,7-8,15H,2,4,6H2,1H3,(H,16,17). The van der Waals surface area contributed by atoms with Crippen molar-refractivity contribution in [2.75, 3.05) is 6.61 Å². The van der Waals surface area contributed by atoms with Crippen LogP contribution in [0.5, 0.6) is 0 Å². The second-order valence-corrected chi connectivity index (χ2v) is 4.12. The van der Waals surface area contributed by atoms with Gasteiger partial charge in [0.15, 0.2) is 0 Å². The first-order valence-electron chi connectivity index (χ1n) is 5.57. The quantitative estimate of drug-likeness (QED) is 0.849. The van der Waals surface area contributed by atoms with Crippen LogP contribution in [-0.2, 0) is 6.54 Å². The maximum Gasteiger partial charge on any atom is 0.335 e. The minimum atomic E-state index is -0.905. The topological polar surface area (TPSA) is 62.5 Å². The molecule has 0 aliphatic heterocycles. The van der Waals surface area contributed by atoms with Crippen LogP contribution in [0.25, 0.3) is 10.9 Å². The van der Waals surface area contributed by atoms with E-state index >= 15 is 0 Å². The summed E-state index contributed by atoms with van der Waals surface area (Å²) in [4.78, 5) is 10.9. The maximum atomic E-state index is 10.9. The number of rotatable bonds is 4. The number of aliphatic hydroxyl groups is 1. The average molecular weight is 233 g/mol. The highest BCUT2D eigenvalue weighted by Gasteiger charge is 2.09. The number of fused-ring (bicyclic) bond motifs is 1. The second-order valence-electron chi connectivity index (χ2n) is 4.12. The molecule has 0 saturated heterocycles. The first kappa shape index (κ1) is 11.7. The predicted octanol–water partition coefficient (Wildman–Crippen LogP) is 2.03. The number of aryl methyl sites for hydroxylation is 2. The fourth-order valence-electron chi connectivity index (χ4n) is 2.12. The van der Waals surface area contributed by atoms with Crippen LogP contribution in [0.4, 0.5) is 0 Å². The molecular weight excluding hydrogens is 218 g/mol. The molecule has 0 atom stereocenters. The van der Waals surface area contributed by atoms with Gasteiger partial charge >= 0.3 is 5.97 Å². The highest BCUT2D eigenvalue weighted by atomic mass is 16.4. The number of nitrogens with zero attached hydrogens (tertiary/aromatic N) is 1. The Morgan fingerprint density at radius 3 is 2.82 bits per heavy atom. The van der Waals surface area contributed by atoms with Gasteiger partial charge in [0.2, 0.25) is 0 Å². The third kappa shape index (κ3) is 2.17. The van der Waals surface area contributed by atoms with Crippen molar-refractivity contribution in [3.05, 3.63) is 35.5 Å². The van der Waals surface area contributed by atoms with Crippen molar-refractivity contribution in [2.45, 2.75) is 19.9 Å². The monoisotopic (exact) mass is 233 g/mol. The van der Waals surface area contributed by atoms with E-state index in [2.05, 4.69) is 0 Å². The number of aromatic carboxylic acids is 1. The highest BCUT2D eigenvalue weighted by Crippen LogP contribution is 2.22. The molecule has 0 bridgehead atoms. The number of benzene rings is 1. The Morgan fingerprint density at radius 2 is 2.18 bits per heavy atom. The first-order chi connectivity index (χ1) is 8.13. The fourth-order valence-corrected chi connectivity index (χ4v) is 2.12. The van der Waals surface area contributed by atoms with Crippen molar-refractivity contribution in [1.29, 1.82) is 0 Å². The third-order valence-corrected chi connectivity index (χ3v) is 2.86. The van der Waals surface area contributed by atoms with Crippen molar-refractivity contribution >= 4 is 16.9 Å². The molecule has 1 aromatic heterocycles. The molecule has 0 saturated carbocycles. The smallest absolute Gasteiger partial charge is 0.335 e. The Bertz CT molecular complexity index is 557. The lowest BCUT2D eigenvalue weighted by Gasteiger charge is -2.07. The highest BCUT2D eigenvalue weighted by molar-refractivity contribution is 5.95. The normalized spacial score (nSPS) is 10.9. The summed E-state index contributed by atoms with van der Waals surface area (Å²) in [6.07, 6.45) is 2.63. The molecule has 0 radical (unpaired) electrons. The summed E-state index contributed by atoms with van der Waals surface area (Å²) in [5.41, 5.74) is 2.31. The molecule has 4 nitrogen and oxygen atoms in total. The van der Waals surface area contributed by atoms with Gasteiger partial charge in [0.05, 0.1) is 11.1 Å². The van der Waals surface area contributed by atoms with Crippen LogP contribution in [0.1, 0.15) is 22.3 Å². The Labute approximate surface area is 99.1 Å². The Hall–Kier alpha value is -1.81. The molecule has 4 heteroatoms. The van der Waals surface area contributed by atoms with Gasteiger partial charge < -0.3 is 14.8 Å². The van der Waals surface area contributed by atoms with Gasteiger partial charge in [0.1, 0.15) is 0 Å². The summed E-state index contributed by atoms with van der Waals surface area (Å²) in [6, 6.07) is 5.27. The zero-order chi connectivity index (χ0) is 12.4. The fraction of sp³-hybridized carbons (Fsp3) is 0.308. The van der Waals surface area contributed by atoms with Crippen LogP contribution in [0.15, 0.2) is 24.4 Å². The molecule has 17 heavy (non-hydrogen) atoms. The molecule has 90 valence electrons. The zero-order valence-corrected chi connectivity index (χ0v) is 9.68. The Kier molecular flexibility index (Phi) is 3.15. The van der Waals surface area contributed by atoms with E-state index in [9.17, 15) is 4.79 Å². The minimum absolute atomic E-state index is 0.159. The molecule has 0 aliphatic carbocycles. The average Bonchev–Trinajstić information content (AvgIpc) is 2.69. The molecule has 0 spiro atoms. The van der Waals surface area contributed by atoms with Gasteiger partial charge in [-0.2, -0.15) is 0 Å². The molecule has 0 amide bonds. The van der Waals surface area contributed by atoms with E-state index in [1.54, 1.807) is 12.1 Å². The minimum Gasteiger partial charge on any atom is -0.478 e. The van der Waals surface area contributed by atoms with E-state index in [1.807, 2.05) is 23.8 Å². The lowest BCUT2D eigenvalue weighted by atomic mass is 10.1. The molecule has 1 aromatic carbocycles. The van der Waals surface area contributed by atoms with E-state index in [0.717, 1.165) is 23.0 Å². The number of hydrogen-bond acceptors (Lipinski definition) is 2. The molecular formula is C13H15NO3. The number of carboxylic acid groups (broad SMARTS) is 1. The second kappa shape index (κ2) is 4.59. The van der Waals surface area contributed by atoms with Gasteiger partial charge in [-0.05, 0) is 37.1 Å². The zero-order valence-electron chi connectivity index (χ0n) is 9.68. The summed E-state index contributed by atoms with van der Waals surface area (Å²) in [6.45, 7) is 2.81. The van der Waals surface area contributed by atoms with E-state index in [4.69, 9.17) is 10.2 Å². The van der Waals surface area contributed by atoms with E-state index in [1.165, 1.54) is 0 Å². The predicted molar refractivity (Wildman–Crippen MR) is 65.3 cm³/mol. The molecule has 0 fully saturated rings. The molecule has 1 heterocycles. The molecule has 0 aliphatic rings. The van der Waals surface area contributed by atoms with Gasteiger partial charge in [-0.1, -0.05) is 0 Å².